The second-order valence-corrected chi connectivity index (χ2v) is 3.88. The van der Waals surface area contributed by atoms with E-state index in [0.29, 0.717) is 0 Å². The first kappa shape index (κ1) is 7.85. The Hall–Kier alpha value is -1.51. The lowest BCUT2D eigenvalue weighted by molar-refractivity contribution is 0.133. The van der Waals surface area contributed by atoms with Crippen LogP contribution in [-0.2, 0) is 11.2 Å². The highest BCUT2D eigenvalue weighted by Crippen LogP contribution is 2.41. The van der Waals surface area contributed by atoms with Crippen LogP contribution in [-0.4, -0.2) is 24.1 Å². The van der Waals surface area contributed by atoms with Gasteiger partial charge >= 0.3 is 6.09 Å². The molecule has 0 bridgehead atoms. The average molecular weight is 189 g/mol. The summed E-state index contributed by atoms with van der Waals surface area (Å²) in [5.41, 5.74) is 2.55. The Balaban J connectivity index is 2.09. The highest BCUT2D eigenvalue weighted by atomic mass is 16.6. The van der Waals surface area contributed by atoms with Gasteiger partial charge in [-0.15, -0.1) is 0 Å². The van der Waals surface area contributed by atoms with E-state index in [1.54, 1.807) is 11.9 Å². The molecule has 3 nitrogen and oxygen atoms in total. The Morgan fingerprint density at radius 3 is 3.07 bits per heavy atom. The number of carbonyl (C=O) groups excluding carboxylic acids is 1. The first-order chi connectivity index (χ1) is 6.77. The van der Waals surface area contributed by atoms with E-state index >= 15 is 0 Å². The van der Waals surface area contributed by atoms with E-state index in [1.165, 1.54) is 11.1 Å². The topological polar surface area (TPSA) is 29.5 Å². The van der Waals surface area contributed by atoms with Crippen LogP contribution >= 0.6 is 0 Å². The van der Waals surface area contributed by atoms with Gasteiger partial charge in [0.2, 0.25) is 0 Å². The molecule has 2 unspecified atom stereocenters. The molecule has 1 aliphatic carbocycles. The molecule has 0 spiro atoms. The van der Waals surface area contributed by atoms with Crippen molar-refractivity contribution in [2.24, 2.45) is 0 Å². The number of carbonyl (C=O) groups is 1. The van der Waals surface area contributed by atoms with Crippen LogP contribution in [0.25, 0.3) is 0 Å². The van der Waals surface area contributed by atoms with Gasteiger partial charge in [0, 0.05) is 13.5 Å². The quantitative estimate of drug-likeness (QED) is 0.622. The van der Waals surface area contributed by atoms with Gasteiger partial charge in [0.05, 0.1) is 6.04 Å². The van der Waals surface area contributed by atoms with Gasteiger partial charge in [0.15, 0.2) is 0 Å². The van der Waals surface area contributed by atoms with Crippen molar-refractivity contribution in [3.05, 3.63) is 35.4 Å². The summed E-state index contributed by atoms with van der Waals surface area (Å²) in [7, 11) is 1.80. The van der Waals surface area contributed by atoms with Crippen molar-refractivity contribution in [1.82, 2.24) is 4.90 Å². The van der Waals surface area contributed by atoms with Gasteiger partial charge in [0.1, 0.15) is 6.10 Å². The molecule has 1 aromatic carbocycles. The lowest BCUT2D eigenvalue weighted by atomic mass is 10.1. The number of ether oxygens (including phenoxy) is 1. The molecule has 1 fully saturated rings. The fraction of sp³-hybridized carbons (Fsp3) is 0.364. The van der Waals surface area contributed by atoms with Crippen molar-refractivity contribution in [2.75, 3.05) is 7.05 Å². The van der Waals surface area contributed by atoms with Crippen LogP contribution in [0.2, 0.25) is 0 Å². The normalized spacial score (nSPS) is 28.6. The number of nitrogens with zero attached hydrogens (tertiary/aromatic N) is 1. The third kappa shape index (κ3) is 0.842. The lowest BCUT2D eigenvalue weighted by Crippen LogP contribution is -2.22. The number of benzene rings is 1. The molecule has 72 valence electrons. The van der Waals surface area contributed by atoms with Gasteiger partial charge in [-0.1, -0.05) is 24.3 Å². The van der Waals surface area contributed by atoms with Crippen LogP contribution in [0.1, 0.15) is 17.2 Å². The minimum absolute atomic E-state index is 0.0323. The molecule has 3 heteroatoms. The summed E-state index contributed by atoms with van der Waals surface area (Å²) in [6.07, 6.45) is 0.691. The molecule has 3 rings (SSSR count). The first-order valence-electron chi connectivity index (χ1n) is 4.78. The molecule has 1 aliphatic heterocycles. The van der Waals surface area contributed by atoms with E-state index in [1.807, 2.05) is 12.1 Å². The van der Waals surface area contributed by atoms with Gasteiger partial charge < -0.3 is 9.64 Å². The molecule has 1 amide bonds. The van der Waals surface area contributed by atoms with Crippen molar-refractivity contribution >= 4 is 6.09 Å². The predicted octanol–water partition coefficient (Wildman–Crippen LogP) is 1.73. The summed E-state index contributed by atoms with van der Waals surface area (Å²) in [5, 5.41) is 0. The number of likely N-dealkylation sites (N-methyl/N-ethyl adjacent to an activating group) is 1. The molecular formula is C11H11NO2. The number of hydrogen-bond donors (Lipinski definition) is 0. The molecule has 2 atom stereocenters. The molecule has 1 heterocycles. The van der Waals surface area contributed by atoms with E-state index in [-0.39, 0.29) is 18.2 Å². The zero-order chi connectivity index (χ0) is 9.71. The van der Waals surface area contributed by atoms with Crippen LogP contribution in [0.4, 0.5) is 4.79 Å². The SMILES string of the molecule is CN1C(=O)OC2Cc3ccccc3C21. The monoisotopic (exact) mass is 189 g/mol. The van der Waals surface area contributed by atoms with Crippen LogP contribution in [0.15, 0.2) is 24.3 Å². The van der Waals surface area contributed by atoms with Crippen molar-refractivity contribution in [3.63, 3.8) is 0 Å². The van der Waals surface area contributed by atoms with Crippen LogP contribution in [0, 0.1) is 0 Å². The fourth-order valence-electron chi connectivity index (χ4n) is 2.43. The summed E-state index contributed by atoms with van der Waals surface area (Å²) in [6, 6.07) is 8.37. The average Bonchev–Trinajstić information content (AvgIpc) is 2.65. The Morgan fingerprint density at radius 2 is 2.21 bits per heavy atom. The molecule has 1 saturated heterocycles. The number of fused-ring (bicyclic) bond motifs is 3. The van der Waals surface area contributed by atoms with Gasteiger partial charge in [-0.3, -0.25) is 0 Å². The second kappa shape index (κ2) is 2.50. The van der Waals surface area contributed by atoms with Gasteiger partial charge in [-0.05, 0) is 11.1 Å². The molecule has 0 saturated carbocycles. The van der Waals surface area contributed by atoms with Gasteiger partial charge in [0.25, 0.3) is 0 Å². The van der Waals surface area contributed by atoms with Crippen molar-refractivity contribution in [2.45, 2.75) is 18.6 Å². The van der Waals surface area contributed by atoms with Crippen molar-refractivity contribution in [3.8, 4) is 0 Å². The molecule has 2 aliphatic rings. The van der Waals surface area contributed by atoms with E-state index in [0.717, 1.165) is 6.42 Å². The highest BCUT2D eigenvalue weighted by molar-refractivity contribution is 5.71. The summed E-state index contributed by atoms with van der Waals surface area (Å²) in [4.78, 5) is 13.0. The van der Waals surface area contributed by atoms with E-state index in [4.69, 9.17) is 4.74 Å². The summed E-state index contributed by atoms with van der Waals surface area (Å²) in [5.74, 6) is 0. The molecule has 0 N–H and O–H groups in total. The Labute approximate surface area is 82.3 Å². The van der Waals surface area contributed by atoms with E-state index in [9.17, 15) is 4.79 Å². The third-order valence-corrected chi connectivity index (χ3v) is 3.10. The Bertz CT molecular complexity index is 402. The van der Waals surface area contributed by atoms with Crippen molar-refractivity contribution in [1.29, 1.82) is 0 Å². The Kier molecular flexibility index (Phi) is 1.40. The van der Waals surface area contributed by atoms with E-state index in [2.05, 4.69) is 12.1 Å². The maximum absolute atomic E-state index is 11.3. The number of hydrogen-bond acceptors (Lipinski definition) is 2. The molecule has 0 radical (unpaired) electrons. The smallest absolute Gasteiger partial charge is 0.410 e. The Morgan fingerprint density at radius 1 is 1.43 bits per heavy atom. The molecule has 0 aromatic heterocycles. The lowest BCUT2D eigenvalue weighted by Gasteiger charge is -2.15. The number of rotatable bonds is 0. The maximum atomic E-state index is 11.3. The molecule has 14 heavy (non-hydrogen) atoms. The zero-order valence-electron chi connectivity index (χ0n) is 7.93. The summed E-state index contributed by atoms with van der Waals surface area (Å²) in [6.45, 7) is 0. The molecule has 1 aromatic rings. The maximum Gasteiger partial charge on any atom is 0.410 e. The third-order valence-electron chi connectivity index (χ3n) is 3.10. The van der Waals surface area contributed by atoms with Gasteiger partial charge in [-0.2, -0.15) is 0 Å². The zero-order valence-corrected chi connectivity index (χ0v) is 7.93. The minimum atomic E-state index is -0.200. The first-order valence-corrected chi connectivity index (χ1v) is 4.78. The molecular weight excluding hydrogens is 178 g/mol. The van der Waals surface area contributed by atoms with Gasteiger partial charge in [-0.25, -0.2) is 4.79 Å². The summed E-state index contributed by atoms with van der Waals surface area (Å²) < 4.78 is 5.27. The standard InChI is InChI=1S/C11H11NO2/c1-12-10-8-5-3-2-4-7(8)6-9(10)14-11(12)13/h2-5,9-10H,6H2,1H3. The summed E-state index contributed by atoms with van der Waals surface area (Å²) >= 11 is 0. The minimum Gasteiger partial charge on any atom is -0.443 e. The fourth-order valence-corrected chi connectivity index (χ4v) is 2.43. The van der Waals surface area contributed by atoms with Crippen LogP contribution in [0.3, 0.4) is 0 Å². The number of amides is 1. The van der Waals surface area contributed by atoms with Crippen molar-refractivity contribution < 1.29 is 9.53 Å². The van der Waals surface area contributed by atoms with Crippen LogP contribution < -0.4 is 0 Å². The largest absolute Gasteiger partial charge is 0.443 e. The van der Waals surface area contributed by atoms with Crippen LogP contribution in [0.5, 0.6) is 0 Å². The van der Waals surface area contributed by atoms with E-state index < -0.39 is 0 Å². The highest BCUT2D eigenvalue weighted by Gasteiger charge is 2.45. The predicted molar refractivity (Wildman–Crippen MR) is 50.9 cm³/mol. The second-order valence-electron chi connectivity index (χ2n) is 3.88.